The average Bonchev–Trinajstić information content (AvgIpc) is 2.97. The van der Waals surface area contributed by atoms with Gasteiger partial charge in [0.25, 0.3) is 5.91 Å². The third kappa shape index (κ3) is 3.00. The highest BCUT2D eigenvalue weighted by atomic mass is 16.5. The van der Waals surface area contributed by atoms with E-state index in [9.17, 15) is 9.90 Å². The molecular formula is C17H20N2O4. The molecule has 1 aliphatic rings. The van der Waals surface area contributed by atoms with Crippen molar-refractivity contribution in [3.05, 3.63) is 41.7 Å². The number of hydrogen-bond acceptors (Lipinski definition) is 5. The standard InChI is InChI=1S/C17H20N2O4/c1-11-10-22-14(9-20)8-19(11)17(21)15-12(2)23-18-16(15)13-6-4-3-5-7-13/h3-7,11,14,20H,8-10H2,1-2H3. The van der Waals surface area contributed by atoms with Gasteiger partial charge in [-0.3, -0.25) is 4.79 Å². The van der Waals surface area contributed by atoms with Crippen molar-refractivity contribution >= 4 is 5.91 Å². The van der Waals surface area contributed by atoms with Crippen LogP contribution in [0.15, 0.2) is 34.9 Å². The monoisotopic (exact) mass is 316 g/mol. The van der Waals surface area contributed by atoms with Crippen LogP contribution in [0, 0.1) is 6.92 Å². The number of aromatic nitrogens is 1. The highest BCUT2D eigenvalue weighted by Gasteiger charge is 2.33. The number of benzene rings is 1. The Balaban J connectivity index is 1.95. The van der Waals surface area contributed by atoms with Gasteiger partial charge in [-0.1, -0.05) is 35.5 Å². The molecule has 1 aliphatic heterocycles. The zero-order valence-electron chi connectivity index (χ0n) is 13.2. The number of nitrogens with zero attached hydrogens (tertiary/aromatic N) is 2. The zero-order chi connectivity index (χ0) is 16.4. The summed E-state index contributed by atoms with van der Waals surface area (Å²) in [6.07, 6.45) is -0.351. The number of aliphatic hydroxyl groups excluding tert-OH is 1. The van der Waals surface area contributed by atoms with Gasteiger partial charge in [-0.25, -0.2) is 0 Å². The summed E-state index contributed by atoms with van der Waals surface area (Å²) in [5.41, 5.74) is 1.86. The van der Waals surface area contributed by atoms with Gasteiger partial charge in [0.1, 0.15) is 17.0 Å². The van der Waals surface area contributed by atoms with Crippen LogP contribution >= 0.6 is 0 Å². The van der Waals surface area contributed by atoms with Gasteiger partial charge in [0, 0.05) is 12.1 Å². The van der Waals surface area contributed by atoms with Crippen molar-refractivity contribution in [2.24, 2.45) is 0 Å². The van der Waals surface area contributed by atoms with E-state index in [1.807, 2.05) is 37.3 Å². The Kier molecular flexibility index (Phi) is 4.45. The molecule has 2 atom stereocenters. The lowest BCUT2D eigenvalue weighted by molar-refractivity contribution is -0.0667. The lowest BCUT2D eigenvalue weighted by Crippen LogP contribution is -2.52. The first-order valence-corrected chi connectivity index (χ1v) is 7.67. The van der Waals surface area contributed by atoms with Crippen LogP contribution in [0.3, 0.4) is 0 Å². The fourth-order valence-electron chi connectivity index (χ4n) is 2.77. The van der Waals surface area contributed by atoms with Crippen molar-refractivity contribution in [1.82, 2.24) is 10.1 Å². The molecule has 0 aliphatic carbocycles. The van der Waals surface area contributed by atoms with Crippen molar-refractivity contribution < 1.29 is 19.2 Å². The maximum atomic E-state index is 13.0. The summed E-state index contributed by atoms with van der Waals surface area (Å²) in [4.78, 5) is 14.8. The van der Waals surface area contributed by atoms with Crippen LogP contribution < -0.4 is 0 Å². The molecule has 3 rings (SSSR count). The van der Waals surface area contributed by atoms with Gasteiger partial charge in [0.2, 0.25) is 0 Å². The highest BCUT2D eigenvalue weighted by Crippen LogP contribution is 2.27. The number of morpholine rings is 1. The molecule has 0 bridgehead atoms. The van der Waals surface area contributed by atoms with Crippen molar-refractivity contribution in [2.45, 2.75) is 26.0 Å². The Morgan fingerprint density at radius 3 is 2.83 bits per heavy atom. The van der Waals surface area contributed by atoms with E-state index in [0.717, 1.165) is 5.56 Å². The molecule has 2 aromatic rings. The lowest BCUT2D eigenvalue weighted by atomic mass is 10.0. The van der Waals surface area contributed by atoms with E-state index in [4.69, 9.17) is 9.26 Å². The van der Waals surface area contributed by atoms with E-state index in [0.29, 0.717) is 30.2 Å². The minimum absolute atomic E-state index is 0.0665. The summed E-state index contributed by atoms with van der Waals surface area (Å²) in [6.45, 7) is 4.32. The van der Waals surface area contributed by atoms with Gasteiger partial charge in [0.05, 0.1) is 25.4 Å². The Morgan fingerprint density at radius 2 is 2.13 bits per heavy atom. The average molecular weight is 316 g/mol. The number of rotatable bonds is 3. The minimum Gasteiger partial charge on any atom is -0.394 e. The molecule has 122 valence electrons. The summed E-state index contributed by atoms with van der Waals surface area (Å²) in [6, 6.07) is 9.43. The SMILES string of the molecule is Cc1onc(-c2ccccc2)c1C(=O)N1CC(CO)OCC1C. The molecule has 1 fully saturated rings. The minimum atomic E-state index is -0.351. The third-order valence-electron chi connectivity index (χ3n) is 4.09. The van der Waals surface area contributed by atoms with Crippen LogP contribution in [-0.2, 0) is 4.74 Å². The number of aliphatic hydroxyl groups is 1. The normalized spacial score (nSPS) is 21.4. The molecular weight excluding hydrogens is 296 g/mol. The van der Waals surface area contributed by atoms with E-state index in [1.54, 1.807) is 11.8 Å². The molecule has 1 N–H and O–H groups in total. The van der Waals surface area contributed by atoms with Crippen LogP contribution in [-0.4, -0.2) is 53.0 Å². The molecule has 6 nitrogen and oxygen atoms in total. The second-order valence-electron chi connectivity index (χ2n) is 5.77. The van der Waals surface area contributed by atoms with E-state index < -0.39 is 0 Å². The summed E-state index contributed by atoms with van der Waals surface area (Å²) >= 11 is 0. The van der Waals surface area contributed by atoms with Crippen LogP contribution in [0.25, 0.3) is 11.3 Å². The van der Waals surface area contributed by atoms with E-state index in [1.165, 1.54) is 0 Å². The van der Waals surface area contributed by atoms with Crippen molar-refractivity contribution in [3.8, 4) is 11.3 Å². The number of aryl methyl sites for hydroxylation is 1. The Morgan fingerprint density at radius 1 is 1.39 bits per heavy atom. The Hall–Kier alpha value is -2.18. The summed E-state index contributed by atoms with van der Waals surface area (Å²) < 4.78 is 10.8. The maximum Gasteiger partial charge on any atom is 0.260 e. The van der Waals surface area contributed by atoms with Gasteiger partial charge in [-0.2, -0.15) is 0 Å². The third-order valence-corrected chi connectivity index (χ3v) is 4.09. The number of amides is 1. The predicted molar refractivity (Wildman–Crippen MR) is 84.0 cm³/mol. The number of carbonyl (C=O) groups is 1. The van der Waals surface area contributed by atoms with Gasteiger partial charge in [0.15, 0.2) is 0 Å². The molecule has 1 aromatic heterocycles. The summed E-state index contributed by atoms with van der Waals surface area (Å²) in [7, 11) is 0. The number of hydrogen-bond donors (Lipinski definition) is 1. The number of ether oxygens (including phenoxy) is 1. The first-order chi connectivity index (χ1) is 11.1. The quantitative estimate of drug-likeness (QED) is 0.935. The first-order valence-electron chi connectivity index (χ1n) is 7.67. The lowest BCUT2D eigenvalue weighted by Gasteiger charge is -2.37. The fourth-order valence-corrected chi connectivity index (χ4v) is 2.77. The van der Waals surface area contributed by atoms with Gasteiger partial charge < -0.3 is 19.3 Å². The summed E-state index contributed by atoms with van der Waals surface area (Å²) in [5, 5.41) is 13.4. The van der Waals surface area contributed by atoms with Gasteiger partial charge in [-0.15, -0.1) is 0 Å². The molecule has 0 spiro atoms. The molecule has 1 amide bonds. The smallest absolute Gasteiger partial charge is 0.260 e. The maximum absolute atomic E-state index is 13.0. The molecule has 0 saturated carbocycles. The number of carbonyl (C=O) groups excluding carboxylic acids is 1. The molecule has 1 saturated heterocycles. The zero-order valence-corrected chi connectivity index (χ0v) is 13.2. The van der Waals surface area contributed by atoms with Crippen molar-refractivity contribution in [3.63, 3.8) is 0 Å². The van der Waals surface area contributed by atoms with Gasteiger partial charge >= 0.3 is 0 Å². The van der Waals surface area contributed by atoms with Gasteiger partial charge in [-0.05, 0) is 13.8 Å². The topological polar surface area (TPSA) is 75.8 Å². The molecule has 6 heteroatoms. The summed E-state index contributed by atoms with van der Waals surface area (Å²) in [5.74, 6) is 0.352. The van der Waals surface area contributed by atoms with E-state index >= 15 is 0 Å². The molecule has 0 radical (unpaired) electrons. The Bertz CT molecular complexity index is 683. The second kappa shape index (κ2) is 6.52. The Labute approximate surface area is 134 Å². The van der Waals surface area contributed by atoms with Crippen molar-refractivity contribution in [2.75, 3.05) is 19.8 Å². The molecule has 1 aromatic carbocycles. The highest BCUT2D eigenvalue weighted by molar-refractivity contribution is 6.01. The second-order valence-corrected chi connectivity index (χ2v) is 5.77. The van der Waals surface area contributed by atoms with Crippen LogP contribution in [0.2, 0.25) is 0 Å². The van der Waals surface area contributed by atoms with E-state index in [-0.39, 0.29) is 24.7 Å². The first kappa shape index (κ1) is 15.7. The van der Waals surface area contributed by atoms with Crippen LogP contribution in [0.1, 0.15) is 23.0 Å². The fraction of sp³-hybridized carbons (Fsp3) is 0.412. The van der Waals surface area contributed by atoms with Crippen LogP contribution in [0.4, 0.5) is 0 Å². The van der Waals surface area contributed by atoms with Crippen LogP contribution in [0.5, 0.6) is 0 Å². The van der Waals surface area contributed by atoms with E-state index in [2.05, 4.69) is 5.16 Å². The molecule has 2 heterocycles. The molecule has 2 unspecified atom stereocenters. The molecule has 23 heavy (non-hydrogen) atoms. The predicted octanol–water partition coefficient (Wildman–Crippen LogP) is 1.87. The largest absolute Gasteiger partial charge is 0.394 e. The van der Waals surface area contributed by atoms with Crippen molar-refractivity contribution in [1.29, 1.82) is 0 Å².